The maximum atomic E-state index is 12.8. The number of fused-ring (bicyclic) bond motifs is 1. The molecule has 0 saturated carbocycles. The van der Waals surface area contributed by atoms with Crippen molar-refractivity contribution < 1.29 is 9.53 Å². The molecular weight excluding hydrogens is 398 g/mol. The van der Waals surface area contributed by atoms with Crippen LogP contribution in [0.1, 0.15) is 62.0 Å². The van der Waals surface area contributed by atoms with Crippen LogP contribution < -0.4 is 15.4 Å². The maximum absolute atomic E-state index is 12.8. The standard InChI is InChI=1S/C27H35N3O2/c1-19(2)18-32-26-9-6-8-24-23(26)17-25(30-24)27(31)29-22-14-11-20(12-15-22)10-13-21-7-4-3-5-16-28-21/h6,8-9,11-12,14-15,17,19,21,28,30H,3-5,7,10,13,16,18H2,1-2H3,(H,29,31). The van der Waals surface area contributed by atoms with Crippen LogP contribution >= 0.6 is 0 Å². The lowest BCUT2D eigenvalue weighted by Crippen LogP contribution is -2.28. The highest BCUT2D eigenvalue weighted by atomic mass is 16.5. The van der Waals surface area contributed by atoms with E-state index in [1.54, 1.807) is 0 Å². The molecule has 2 aromatic carbocycles. The predicted octanol–water partition coefficient (Wildman–Crippen LogP) is 5.92. The zero-order chi connectivity index (χ0) is 22.3. The van der Waals surface area contributed by atoms with Crippen molar-refractivity contribution in [3.05, 3.63) is 59.8 Å². The molecular formula is C27H35N3O2. The fourth-order valence-electron chi connectivity index (χ4n) is 4.27. The van der Waals surface area contributed by atoms with Crippen molar-refractivity contribution in [2.75, 3.05) is 18.5 Å². The molecule has 1 aromatic heterocycles. The number of carbonyl (C=O) groups excluding carboxylic acids is 1. The molecule has 0 radical (unpaired) electrons. The number of amides is 1. The first-order chi connectivity index (χ1) is 15.6. The summed E-state index contributed by atoms with van der Waals surface area (Å²) in [5.41, 5.74) is 3.55. The summed E-state index contributed by atoms with van der Waals surface area (Å²) in [6.45, 7) is 6.04. The normalized spacial score (nSPS) is 16.8. The minimum Gasteiger partial charge on any atom is -0.493 e. The fraction of sp³-hybridized carbons (Fsp3) is 0.444. The molecule has 1 atom stereocenters. The molecule has 1 fully saturated rings. The third-order valence-corrected chi connectivity index (χ3v) is 6.10. The zero-order valence-corrected chi connectivity index (χ0v) is 19.2. The van der Waals surface area contributed by atoms with Crippen molar-refractivity contribution in [2.45, 2.75) is 58.4 Å². The first kappa shape index (κ1) is 22.4. The summed E-state index contributed by atoms with van der Waals surface area (Å²) in [7, 11) is 0. The quantitative estimate of drug-likeness (QED) is 0.413. The Kier molecular flexibility index (Phi) is 7.48. The summed E-state index contributed by atoms with van der Waals surface area (Å²) in [6.07, 6.45) is 7.49. The SMILES string of the molecule is CC(C)COc1cccc2[nH]c(C(=O)Nc3ccc(CCC4CCCCCN4)cc3)cc12. The minimum absolute atomic E-state index is 0.147. The molecule has 32 heavy (non-hydrogen) atoms. The van der Waals surface area contributed by atoms with Gasteiger partial charge in [0, 0.05) is 22.6 Å². The number of aromatic nitrogens is 1. The van der Waals surface area contributed by atoms with Crippen molar-refractivity contribution >= 4 is 22.5 Å². The van der Waals surface area contributed by atoms with Gasteiger partial charge in [-0.2, -0.15) is 0 Å². The molecule has 5 heteroatoms. The van der Waals surface area contributed by atoms with E-state index in [4.69, 9.17) is 4.74 Å². The molecule has 3 aromatic rings. The highest BCUT2D eigenvalue weighted by Gasteiger charge is 2.14. The second kappa shape index (κ2) is 10.7. The Morgan fingerprint density at radius 2 is 1.97 bits per heavy atom. The Balaban J connectivity index is 1.36. The first-order valence-electron chi connectivity index (χ1n) is 12.0. The second-order valence-corrected chi connectivity index (χ2v) is 9.30. The van der Waals surface area contributed by atoms with Crippen molar-refractivity contribution in [1.82, 2.24) is 10.3 Å². The number of nitrogens with one attached hydrogen (secondary N) is 3. The number of H-pyrrole nitrogens is 1. The second-order valence-electron chi connectivity index (χ2n) is 9.30. The molecule has 170 valence electrons. The molecule has 0 bridgehead atoms. The summed E-state index contributed by atoms with van der Waals surface area (Å²) in [5.74, 6) is 1.10. The van der Waals surface area contributed by atoms with Crippen molar-refractivity contribution in [3.63, 3.8) is 0 Å². The van der Waals surface area contributed by atoms with Gasteiger partial charge in [-0.1, -0.05) is 44.9 Å². The van der Waals surface area contributed by atoms with Crippen molar-refractivity contribution in [1.29, 1.82) is 0 Å². The van der Waals surface area contributed by atoms with Crippen LogP contribution in [0.2, 0.25) is 0 Å². The molecule has 1 aliphatic rings. The molecule has 0 spiro atoms. The molecule has 0 aliphatic carbocycles. The van der Waals surface area contributed by atoms with E-state index in [0.717, 1.165) is 35.3 Å². The summed E-state index contributed by atoms with van der Waals surface area (Å²) < 4.78 is 5.92. The van der Waals surface area contributed by atoms with Crippen LogP contribution in [-0.2, 0) is 6.42 Å². The molecule has 5 nitrogen and oxygen atoms in total. The Hall–Kier alpha value is -2.79. The van der Waals surface area contributed by atoms with Crippen LogP contribution in [0.15, 0.2) is 48.5 Å². The highest BCUT2D eigenvalue weighted by Crippen LogP contribution is 2.27. The minimum atomic E-state index is -0.147. The Labute approximate surface area is 190 Å². The number of rotatable bonds is 8. The summed E-state index contributed by atoms with van der Waals surface area (Å²) in [4.78, 5) is 16.0. The van der Waals surface area contributed by atoms with E-state index in [1.165, 1.54) is 37.7 Å². The van der Waals surface area contributed by atoms with Gasteiger partial charge in [0.1, 0.15) is 11.4 Å². The van der Waals surface area contributed by atoms with Crippen LogP contribution in [0.5, 0.6) is 5.75 Å². The Morgan fingerprint density at radius 3 is 2.78 bits per heavy atom. The van der Waals surface area contributed by atoms with Gasteiger partial charge in [-0.05, 0) is 74.0 Å². The Bertz CT molecular complexity index is 1020. The molecule has 4 rings (SSSR count). The van der Waals surface area contributed by atoms with Gasteiger partial charge in [-0.25, -0.2) is 0 Å². The number of aromatic amines is 1. The number of hydrogen-bond acceptors (Lipinski definition) is 3. The van der Waals surface area contributed by atoms with Crippen LogP contribution in [0.3, 0.4) is 0 Å². The van der Waals surface area contributed by atoms with Crippen molar-refractivity contribution in [3.8, 4) is 5.75 Å². The average Bonchev–Trinajstić information content (AvgIpc) is 3.07. The number of carbonyl (C=O) groups is 1. The van der Waals surface area contributed by atoms with Gasteiger partial charge in [0.2, 0.25) is 0 Å². The van der Waals surface area contributed by atoms with Crippen LogP contribution in [0.25, 0.3) is 10.9 Å². The van der Waals surface area contributed by atoms with Gasteiger partial charge < -0.3 is 20.4 Å². The predicted molar refractivity (Wildman–Crippen MR) is 132 cm³/mol. The topological polar surface area (TPSA) is 66.2 Å². The third kappa shape index (κ3) is 5.92. The van der Waals surface area contributed by atoms with Crippen LogP contribution in [-0.4, -0.2) is 30.1 Å². The summed E-state index contributed by atoms with van der Waals surface area (Å²) in [6, 6.07) is 16.6. The lowest BCUT2D eigenvalue weighted by molar-refractivity contribution is 0.102. The summed E-state index contributed by atoms with van der Waals surface area (Å²) in [5, 5.41) is 7.60. The molecule has 1 saturated heterocycles. The molecule has 1 unspecified atom stereocenters. The van der Waals surface area contributed by atoms with Crippen molar-refractivity contribution in [2.24, 2.45) is 5.92 Å². The number of hydrogen-bond donors (Lipinski definition) is 3. The van der Waals surface area contributed by atoms with E-state index in [-0.39, 0.29) is 5.91 Å². The third-order valence-electron chi connectivity index (χ3n) is 6.10. The number of anilines is 1. The highest BCUT2D eigenvalue weighted by molar-refractivity contribution is 6.06. The molecule has 2 heterocycles. The Morgan fingerprint density at radius 1 is 1.12 bits per heavy atom. The molecule has 3 N–H and O–H groups in total. The lowest BCUT2D eigenvalue weighted by Gasteiger charge is -2.15. The van der Waals surface area contributed by atoms with Gasteiger partial charge in [0.25, 0.3) is 5.91 Å². The van der Waals surface area contributed by atoms with Gasteiger partial charge >= 0.3 is 0 Å². The molecule has 1 amide bonds. The zero-order valence-electron chi connectivity index (χ0n) is 19.2. The number of aryl methyl sites for hydroxylation is 1. The van der Waals surface area contributed by atoms with Crippen LogP contribution in [0.4, 0.5) is 5.69 Å². The van der Waals surface area contributed by atoms with E-state index in [9.17, 15) is 4.79 Å². The fourth-order valence-corrected chi connectivity index (χ4v) is 4.27. The van der Waals surface area contributed by atoms with E-state index < -0.39 is 0 Å². The van der Waals surface area contributed by atoms with Gasteiger partial charge in [-0.3, -0.25) is 4.79 Å². The van der Waals surface area contributed by atoms with Gasteiger partial charge in [0.05, 0.1) is 6.61 Å². The summed E-state index contributed by atoms with van der Waals surface area (Å²) >= 11 is 0. The van der Waals surface area contributed by atoms with E-state index in [2.05, 4.69) is 41.6 Å². The average molecular weight is 434 g/mol. The largest absolute Gasteiger partial charge is 0.493 e. The first-order valence-corrected chi connectivity index (χ1v) is 12.0. The van der Waals surface area contributed by atoms with E-state index in [0.29, 0.717) is 24.3 Å². The smallest absolute Gasteiger partial charge is 0.272 e. The van der Waals surface area contributed by atoms with Gasteiger partial charge in [-0.15, -0.1) is 0 Å². The van der Waals surface area contributed by atoms with E-state index in [1.807, 2.05) is 36.4 Å². The number of ether oxygens (including phenoxy) is 1. The monoisotopic (exact) mass is 433 g/mol. The van der Waals surface area contributed by atoms with E-state index >= 15 is 0 Å². The lowest BCUT2D eigenvalue weighted by atomic mass is 10.0. The van der Waals surface area contributed by atoms with Gasteiger partial charge in [0.15, 0.2) is 0 Å². The number of benzene rings is 2. The maximum Gasteiger partial charge on any atom is 0.272 e. The molecule has 1 aliphatic heterocycles. The van der Waals surface area contributed by atoms with Crippen LogP contribution in [0, 0.1) is 5.92 Å².